The molecule has 0 saturated heterocycles. The summed E-state index contributed by atoms with van der Waals surface area (Å²) in [5, 5.41) is 0. The van der Waals surface area contributed by atoms with E-state index in [4.69, 9.17) is 4.74 Å². The SMILES string of the molecule is O=C1[C@H](c2ccc(F)cc2)OC=CN1Cc1ccccc1. The summed E-state index contributed by atoms with van der Waals surface area (Å²) < 4.78 is 18.4. The first kappa shape index (κ1) is 13.4. The largest absolute Gasteiger partial charge is 0.482 e. The van der Waals surface area contributed by atoms with Gasteiger partial charge in [0.05, 0.1) is 6.54 Å². The van der Waals surface area contributed by atoms with Crippen molar-refractivity contribution in [3.8, 4) is 0 Å². The van der Waals surface area contributed by atoms with Crippen LogP contribution in [0.3, 0.4) is 0 Å². The third kappa shape index (κ3) is 2.94. The predicted octanol–water partition coefficient (Wildman–Crippen LogP) is 3.40. The number of halogens is 1. The van der Waals surface area contributed by atoms with Crippen LogP contribution < -0.4 is 0 Å². The molecule has 3 nitrogen and oxygen atoms in total. The number of benzene rings is 2. The van der Waals surface area contributed by atoms with Crippen molar-refractivity contribution in [1.82, 2.24) is 4.90 Å². The van der Waals surface area contributed by atoms with Crippen LogP contribution in [0.5, 0.6) is 0 Å². The average Bonchev–Trinajstić information content (AvgIpc) is 2.52. The van der Waals surface area contributed by atoms with Gasteiger partial charge in [-0.3, -0.25) is 4.79 Å². The summed E-state index contributed by atoms with van der Waals surface area (Å²) >= 11 is 0. The van der Waals surface area contributed by atoms with E-state index in [1.165, 1.54) is 18.4 Å². The predicted molar refractivity (Wildman–Crippen MR) is 76.4 cm³/mol. The molecule has 1 atom stereocenters. The van der Waals surface area contributed by atoms with Crippen LogP contribution in [0.2, 0.25) is 0 Å². The Labute approximate surface area is 122 Å². The minimum Gasteiger partial charge on any atom is -0.482 e. The number of hydrogen-bond acceptors (Lipinski definition) is 2. The van der Waals surface area contributed by atoms with Gasteiger partial charge in [-0.2, -0.15) is 0 Å². The van der Waals surface area contributed by atoms with Crippen LogP contribution in [0.25, 0.3) is 0 Å². The Morgan fingerprint density at radius 3 is 2.48 bits per heavy atom. The van der Waals surface area contributed by atoms with Crippen LogP contribution in [0.4, 0.5) is 4.39 Å². The molecule has 0 radical (unpaired) electrons. The first-order valence-electron chi connectivity index (χ1n) is 6.66. The van der Waals surface area contributed by atoms with E-state index in [-0.39, 0.29) is 11.7 Å². The molecular formula is C17H14FNO2. The average molecular weight is 283 g/mol. The fourth-order valence-corrected chi connectivity index (χ4v) is 2.24. The van der Waals surface area contributed by atoms with E-state index < -0.39 is 6.10 Å². The number of carbonyl (C=O) groups is 1. The summed E-state index contributed by atoms with van der Waals surface area (Å²) in [4.78, 5) is 14.1. The molecule has 0 aliphatic carbocycles. The topological polar surface area (TPSA) is 29.5 Å². The van der Waals surface area contributed by atoms with Crippen LogP contribution in [0, 0.1) is 5.82 Å². The molecule has 1 aliphatic rings. The molecule has 1 amide bonds. The van der Waals surface area contributed by atoms with Crippen LogP contribution in [-0.2, 0) is 16.1 Å². The number of amides is 1. The lowest BCUT2D eigenvalue weighted by Gasteiger charge is -2.28. The Kier molecular flexibility index (Phi) is 3.69. The maximum Gasteiger partial charge on any atom is 0.272 e. The van der Waals surface area contributed by atoms with Gasteiger partial charge in [0.25, 0.3) is 5.91 Å². The van der Waals surface area contributed by atoms with Crippen molar-refractivity contribution in [2.45, 2.75) is 12.6 Å². The van der Waals surface area contributed by atoms with E-state index in [0.29, 0.717) is 12.1 Å². The van der Waals surface area contributed by atoms with Gasteiger partial charge in [0.1, 0.15) is 12.1 Å². The second-order valence-corrected chi connectivity index (χ2v) is 4.80. The lowest BCUT2D eigenvalue weighted by atomic mass is 10.1. The normalized spacial score (nSPS) is 17.7. The molecule has 1 heterocycles. The molecule has 3 rings (SSSR count). The van der Waals surface area contributed by atoms with Gasteiger partial charge in [0.15, 0.2) is 0 Å². The Morgan fingerprint density at radius 1 is 1.05 bits per heavy atom. The Bertz CT molecular complexity index is 652. The zero-order valence-corrected chi connectivity index (χ0v) is 11.3. The molecule has 21 heavy (non-hydrogen) atoms. The lowest BCUT2D eigenvalue weighted by Crippen LogP contribution is -2.34. The molecule has 0 bridgehead atoms. The molecule has 0 spiro atoms. The van der Waals surface area contributed by atoms with E-state index in [2.05, 4.69) is 0 Å². The molecule has 0 saturated carbocycles. The van der Waals surface area contributed by atoms with Crippen LogP contribution in [0.1, 0.15) is 17.2 Å². The first-order chi connectivity index (χ1) is 10.2. The van der Waals surface area contributed by atoms with Gasteiger partial charge in [-0.25, -0.2) is 4.39 Å². The summed E-state index contributed by atoms with van der Waals surface area (Å²) in [6, 6.07) is 15.5. The molecule has 2 aromatic carbocycles. The number of nitrogens with zero attached hydrogens (tertiary/aromatic N) is 1. The van der Waals surface area contributed by atoms with E-state index in [9.17, 15) is 9.18 Å². The van der Waals surface area contributed by atoms with Crippen molar-refractivity contribution in [3.05, 3.63) is 84.0 Å². The summed E-state index contributed by atoms with van der Waals surface area (Å²) in [6.45, 7) is 0.483. The third-order valence-corrected chi connectivity index (χ3v) is 3.33. The van der Waals surface area contributed by atoms with E-state index >= 15 is 0 Å². The zero-order valence-electron chi connectivity index (χ0n) is 11.3. The second-order valence-electron chi connectivity index (χ2n) is 4.80. The van der Waals surface area contributed by atoms with Gasteiger partial charge in [-0.1, -0.05) is 42.5 Å². The Balaban J connectivity index is 1.79. The summed E-state index contributed by atoms with van der Waals surface area (Å²) in [5.41, 5.74) is 1.68. The number of rotatable bonds is 3. The van der Waals surface area contributed by atoms with E-state index in [0.717, 1.165) is 5.56 Å². The van der Waals surface area contributed by atoms with E-state index in [1.807, 2.05) is 30.3 Å². The van der Waals surface area contributed by atoms with Gasteiger partial charge in [-0.05, 0) is 17.7 Å². The smallest absolute Gasteiger partial charge is 0.272 e. The van der Waals surface area contributed by atoms with Crippen molar-refractivity contribution in [3.63, 3.8) is 0 Å². The second kappa shape index (κ2) is 5.79. The number of ether oxygens (including phenoxy) is 1. The molecule has 0 fully saturated rings. The fraction of sp³-hybridized carbons (Fsp3) is 0.118. The Morgan fingerprint density at radius 2 is 1.76 bits per heavy atom. The molecule has 0 N–H and O–H groups in total. The molecule has 4 heteroatoms. The van der Waals surface area contributed by atoms with Gasteiger partial charge < -0.3 is 9.64 Å². The van der Waals surface area contributed by atoms with Crippen molar-refractivity contribution >= 4 is 5.91 Å². The quantitative estimate of drug-likeness (QED) is 0.864. The third-order valence-electron chi connectivity index (χ3n) is 3.33. The molecule has 1 aliphatic heterocycles. The molecule has 0 aromatic heterocycles. The highest BCUT2D eigenvalue weighted by Crippen LogP contribution is 2.25. The summed E-state index contributed by atoms with van der Waals surface area (Å²) in [7, 11) is 0. The number of carbonyl (C=O) groups excluding carboxylic acids is 1. The Hall–Kier alpha value is -2.62. The van der Waals surface area contributed by atoms with Gasteiger partial charge >= 0.3 is 0 Å². The fourth-order valence-electron chi connectivity index (χ4n) is 2.24. The summed E-state index contributed by atoms with van der Waals surface area (Å²) in [6.07, 6.45) is 2.40. The van der Waals surface area contributed by atoms with Crippen molar-refractivity contribution < 1.29 is 13.9 Å². The highest BCUT2D eigenvalue weighted by molar-refractivity contribution is 5.84. The van der Waals surface area contributed by atoms with Crippen molar-refractivity contribution in [1.29, 1.82) is 0 Å². The summed E-state index contributed by atoms with van der Waals surface area (Å²) in [5.74, 6) is -0.494. The van der Waals surface area contributed by atoms with Gasteiger partial charge in [0, 0.05) is 11.8 Å². The molecular weight excluding hydrogens is 269 g/mol. The van der Waals surface area contributed by atoms with E-state index in [1.54, 1.807) is 23.2 Å². The van der Waals surface area contributed by atoms with Crippen molar-refractivity contribution in [2.75, 3.05) is 0 Å². The number of hydrogen-bond donors (Lipinski definition) is 0. The van der Waals surface area contributed by atoms with Crippen molar-refractivity contribution in [2.24, 2.45) is 0 Å². The first-order valence-corrected chi connectivity index (χ1v) is 6.66. The van der Waals surface area contributed by atoms with Gasteiger partial charge in [-0.15, -0.1) is 0 Å². The highest BCUT2D eigenvalue weighted by atomic mass is 19.1. The maximum atomic E-state index is 13.0. The zero-order chi connectivity index (χ0) is 14.7. The standard InChI is InChI=1S/C17H14FNO2/c18-15-8-6-14(7-9-15)16-17(20)19(10-11-21-16)12-13-4-2-1-3-5-13/h1-11,16H,12H2/t16-/m0/s1. The van der Waals surface area contributed by atoms with Crippen LogP contribution >= 0.6 is 0 Å². The molecule has 0 unspecified atom stereocenters. The lowest BCUT2D eigenvalue weighted by molar-refractivity contribution is -0.141. The van der Waals surface area contributed by atoms with Crippen LogP contribution in [-0.4, -0.2) is 10.8 Å². The highest BCUT2D eigenvalue weighted by Gasteiger charge is 2.28. The minimum absolute atomic E-state index is 0.159. The maximum absolute atomic E-state index is 13.0. The molecule has 106 valence electrons. The minimum atomic E-state index is -0.723. The van der Waals surface area contributed by atoms with Gasteiger partial charge in [0.2, 0.25) is 6.10 Å². The molecule has 2 aromatic rings. The van der Waals surface area contributed by atoms with Crippen LogP contribution in [0.15, 0.2) is 67.1 Å². The monoisotopic (exact) mass is 283 g/mol.